The van der Waals surface area contributed by atoms with E-state index in [0.29, 0.717) is 10.2 Å². The van der Waals surface area contributed by atoms with Gasteiger partial charge < -0.3 is 4.74 Å². The molecule has 0 saturated heterocycles. The van der Waals surface area contributed by atoms with Gasteiger partial charge in [-0.3, -0.25) is 10.1 Å². The maximum Gasteiger partial charge on any atom is 0.343 e. The molecule has 0 aliphatic carbocycles. The van der Waals surface area contributed by atoms with E-state index in [1.54, 1.807) is 6.07 Å². The Morgan fingerprint density at radius 1 is 1.29 bits per heavy atom. The average Bonchev–Trinajstić information content (AvgIpc) is 2.49. The molecule has 0 atom stereocenters. The van der Waals surface area contributed by atoms with E-state index in [1.807, 2.05) is 19.1 Å². The fourth-order valence-electron chi connectivity index (χ4n) is 1.75. The minimum atomic E-state index is -0.636. The molecule has 0 N–H and O–H groups in total. The highest BCUT2D eigenvalue weighted by molar-refractivity contribution is 9.10. The Kier molecular flexibility index (Phi) is 4.70. The van der Waals surface area contributed by atoms with Crippen LogP contribution in [0.25, 0.3) is 0 Å². The molecule has 0 radical (unpaired) electrons. The summed E-state index contributed by atoms with van der Waals surface area (Å²) in [7, 11) is 0. The third kappa shape index (κ3) is 3.66. The standard InChI is InChI=1S/C15H12BrNO4/c1-2-10-6-7-14(13(16)8-10)21-15(18)11-4-3-5-12(9-11)17(19)20/h3-9H,2H2,1H3. The van der Waals surface area contributed by atoms with E-state index < -0.39 is 10.9 Å². The SMILES string of the molecule is CCc1ccc(OC(=O)c2cccc([N+](=O)[O-])c2)c(Br)c1. The Hall–Kier alpha value is -2.21. The van der Waals surface area contributed by atoms with Gasteiger partial charge in [0.15, 0.2) is 0 Å². The lowest BCUT2D eigenvalue weighted by atomic mass is 10.1. The van der Waals surface area contributed by atoms with Crippen molar-refractivity contribution in [2.75, 3.05) is 0 Å². The molecule has 6 heteroatoms. The highest BCUT2D eigenvalue weighted by atomic mass is 79.9. The van der Waals surface area contributed by atoms with Gasteiger partial charge in [0, 0.05) is 12.1 Å². The lowest BCUT2D eigenvalue weighted by Crippen LogP contribution is -2.09. The fourth-order valence-corrected chi connectivity index (χ4v) is 2.26. The van der Waals surface area contributed by atoms with Crippen LogP contribution in [0.5, 0.6) is 5.75 Å². The first-order valence-corrected chi connectivity index (χ1v) is 7.05. The van der Waals surface area contributed by atoms with Crippen LogP contribution < -0.4 is 4.74 Å². The van der Waals surface area contributed by atoms with Crippen molar-refractivity contribution in [3.63, 3.8) is 0 Å². The summed E-state index contributed by atoms with van der Waals surface area (Å²) in [6, 6.07) is 10.9. The predicted molar refractivity (Wildman–Crippen MR) is 81.6 cm³/mol. The molecule has 0 amide bonds. The molecule has 0 bridgehead atoms. The number of halogens is 1. The quantitative estimate of drug-likeness (QED) is 0.360. The summed E-state index contributed by atoms with van der Waals surface area (Å²) in [6.07, 6.45) is 0.873. The van der Waals surface area contributed by atoms with Gasteiger partial charge in [-0.15, -0.1) is 0 Å². The maximum atomic E-state index is 12.0. The number of non-ortho nitro benzene ring substituents is 1. The zero-order chi connectivity index (χ0) is 15.4. The molecule has 108 valence electrons. The van der Waals surface area contributed by atoms with Gasteiger partial charge in [-0.05, 0) is 46.1 Å². The van der Waals surface area contributed by atoms with Crippen LogP contribution in [0.4, 0.5) is 5.69 Å². The van der Waals surface area contributed by atoms with E-state index in [1.165, 1.54) is 24.3 Å². The number of esters is 1. The van der Waals surface area contributed by atoms with Gasteiger partial charge in [0.05, 0.1) is 15.0 Å². The molecule has 0 spiro atoms. The van der Waals surface area contributed by atoms with E-state index >= 15 is 0 Å². The number of hydrogen-bond acceptors (Lipinski definition) is 4. The molecule has 21 heavy (non-hydrogen) atoms. The molecule has 0 unspecified atom stereocenters. The van der Waals surface area contributed by atoms with E-state index in [-0.39, 0.29) is 11.3 Å². The van der Waals surface area contributed by atoms with Crippen LogP contribution in [-0.2, 0) is 6.42 Å². The third-order valence-corrected chi connectivity index (χ3v) is 3.52. The van der Waals surface area contributed by atoms with Gasteiger partial charge in [-0.25, -0.2) is 4.79 Å². The minimum absolute atomic E-state index is 0.135. The molecular formula is C15H12BrNO4. The van der Waals surface area contributed by atoms with E-state index in [4.69, 9.17) is 4.74 Å². The second kappa shape index (κ2) is 6.49. The molecule has 0 aromatic heterocycles. The molecule has 0 aliphatic heterocycles. The van der Waals surface area contributed by atoms with Gasteiger partial charge in [-0.1, -0.05) is 19.1 Å². The van der Waals surface area contributed by atoms with Crippen molar-refractivity contribution in [3.8, 4) is 5.75 Å². The number of rotatable bonds is 4. The van der Waals surface area contributed by atoms with Crippen molar-refractivity contribution in [1.82, 2.24) is 0 Å². The Balaban J connectivity index is 2.22. The minimum Gasteiger partial charge on any atom is -0.422 e. The molecule has 2 aromatic carbocycles. The van der Waals surface area contributed by atoms with E-state index in [2.05, 4.69) is 15.9 Å². The lowest BCUT2D eigenvalue weighted by molar-refractivity contribution is -0.384. The predicted octanol–water partition coefficient (Wildman–Crippen LogP) is 4.14. The van der Waals surface area contributed by atoms with Crippen LogP contribution >= 0.6 is 15.9 Å². The van der Waals surface area contributed by atoms with Gasteiger partial charge in [0.1, 0.15) is 5.75 Å². The first kappa shape index (κ1) is 15.2. The number of nitro groups is 1. The summed E-state index contributed by atoms with van der Waals surface area (Å²) in [5, 5.41) is 10.7. The topological polar surface area (TPSA) is 69.4 Å². The number of carbonyl (C=O) groups is 1. The summed E-state index contributed by atoms with van der Waals surface area (Å²) in [6.45, 7) is 2.02. The van der Waals surface area contributed by atoms with Gasteiger partial charge in [-0.2, -0.15) is 0 Å². The molecule has 0 fully saturated rings. The van der Waals surface area contributed by atoms with Crippen molar-refractivity contribution >= 4 is 27.6 Å². The summed E-state index contributed by atoms with van der Waals surface area (Å²) < 4.78 is 5.92. The monoisotopic (exact) mass is 349 g/mol. The van der Waals surface area contributed by atoms with Crippen molar-refractivity contribution in [2.45, 2.75) is 13.3 Å². The maximum absolute atomic E-state index is 12.0. The van der Waals surface area contributed by atoms with E-state index in [9.17, 15) is 14.9 Å². The molecule has 2 rings (SSSR count). The summed E-state index contributed by atoms with van der Waals surface area (Å²) in [5.74, 6) is -0.257. The van der Waals surface area contributed by atoms with Crippen LogP contribution in [0, 0.1) is 10.1 Å². The van der Waals surface area contributed by atoms with Crippen LogP contribution in [-0.4, -0.2) is 10.9 Å². The van der Waals surface area contributed by atoms with Gasteiger partial charge >= 0.3 is 5.97 Å². The number of nitro benzene ring substituents is 1. The fraction of sp³-hybridized carbons (Fsp3) is 0.133. The van der Waals surface area contributed by atoms with Crippen LogP contribution in [0.1, 0.15) is 22.8 Å². The molecule has 2 aromatic rings. The Bertz CT molecular complexity index is 700. The Morgan fingerprint density at radius 3 is 2.67 bits per heavy atom. The zero-order valence-electron chi connectivity index (χ0n) is 11.2. The van der Waals surface area contributed by atoms with Crippen LogP contribution in [0.15, 0.2) is 46.9 Å². The Morgan fingerprint density at radius 2 is 2.05 bits per heavy atom. The van der Waals surface area contributed by atoms with E-state index in [0.717, 1.165) is 12.0 Å². The van der Waals surface area contributed by atoms with Crippen molar-refractivity contribution < 1.29 is 14.5 Å². The number of benzene rings is 2. The van der Waals surface area contributed by atoms with Crippen molar-refractivity contribution in [2.24, 2.45) is 0 Å². The van der Waals surface area contributed by atoms with Crippen molar-refractivity contribution in [1.29, 1.82) is 0 Å². The highest BCUT2D eigenvalue weighted by Crippen LogP contribution is 2.27. The second-order valence-corrected chi connectivity index (χ2v) is 5.17. The second-order valence-electron chi connectivity index (χ2n) is 4.32. The summed E-state index contributed by atoms with van der Waals surface area (Å²) in [4.78, 5) is 22.2. The molecule has 5 nitrogen and oxygen atoms in total. The van der Waals surface area contributed by atoms with Crippen LogP contribution in [0.3, 0.4) is 0 Å². The average molecular weight is 350 g/mol. The van der Waals surface area contributed by atoms with Gasteiger partial charge in [0.25, 0.3) is 5.69 Å². The zero-order valence-corrected chi connectivity index (χ0v) is 12.8. The summed E-state index contributed by atoms with van der Waals surface area (Å²) in [5.41, 5.74) is 1.09. The summed E-state index contributed by atoms with van der Waals surface area (Å²) >= 11 is 3.34. The van der Waals surface area contributed by atoms with Crippen LogP contribution in [0.2, 0.25) is 0 Å². The molecular weight excluding hydrogens is 338 g/mol. The smallest absolute Gasteiger partial charge is 0.343 e. The number of ether oxygens (including phenoxy) is 1. The molecule has 0 saturated carbocycles. The number of hydrogen-bond donors (Lipinski definition) is 0. The molecule has 0 heterocycles. The lowest BCUT2D eigenvalue weighted by Gasteiger charge is -2.07. The largest absolute Gasteiger partial charge is 0.422 e. The number of nitrogens with zero attached hydrogens (tertiary/aromatic N) is 1. The normalized spacial score (nSPS) is 10.2. The van der Waals surface area contributed by atoms with Crippen molar-refractivity contribution in [3.05, 3.63) is 68.2 Å². The molecule has 0 aliphatic rings. The first-order valence-electron chi connectivity index (χ1n) is 6.26. The first-order chi connectivity index (χ1) is 10.0. The highest BCUT2D eigenvalue weighted by Gasteiger charge is 2.14. The number of carbonyl (C=O) groups excluding carboxylic acids is 1. The van der Waals surface area contributed by atoms with Gasteiger partial charge in [0.2, 0.25) is 0 Å². The number of aryl methyl sites for hydroxylation is 1. The Labute approximate surface area is 129 Å². The third-order valence-electron chi connectivity index (χ3n) is 2.90.